The molecule has 182 valence electrons. The summed E-state index contributed by atoms with van der Waals surface area (Å²) in [7, 11) is -2.82. The van der Waals surface area contributed by atoms with Gasteiger partial charge in [-0.25, -0.2) is 0 Å². The van der Waals surface area contributed by atoms with E-state index in [0.29, 0.717) is 19.6 Å². The normalized spacial score (nSPS) is 12.7. The van der Waals surface area contributed by atoms with Crippen LogP contribution in [0.2, 0.25) is 0 Å². The van der Waals surface area contributed by atoms with Gasteiger partial charge in [-0.3, -0.25) is 14.1 Å². The molecule has 0 fully saturated rings. The van der Waals surface area contributed by atoms with Gasteiger partial charge in [0.05, 0.1) is 12.3 Å². The van der Waals surface area contributed by atoms with Crippen LogP contribution in [0.3, 0.4) is 0 Å². The Morgan fingerprint density at radius 1 is 0.943 bits per heavy atom. The predicted octanol–water partition coefficient (Wildman–Crippen LogP) is 5.23. The van der Waals surface area contributed by atoms with E-state index < -0.39 is 8.25 Å². The minimum atomic E-state index is -2.82. The van der Waals surface area contributed by atoms with Gasteiger partial charge in [0.15, 0.2) is 4.80 Å². The largest absolute Gasteiger partial charge is 0.326 e. The van der Waals surface area contributed by atoms with E-state index in [-0.39, 0.29) is 0 Å². The van der Waals surface area contributed by atoms with Crippen LogP contribution < -0.4 is 10.1 Å². The zero-order chi connectivity index (χ0) is 24.3. The zero-order valence-electron chi connectivity index (χ0n) is 19.5. The molecule has 4 rings (SSSR count). The highest BCUT2D eigenvalue weighted by Gasteiger charge is 2.09. The second-order valence-corrected chi connectivity index (χ2v) is 9.69. The van der Waals surface area contributed by atoms with Crippen LogP contribution in [0, 0.1) is 0 Å². The van der Waals surface area contributed by atoms with E-state index in [1.54, 1.807) is 11.3 Å². The van der Waals surface area contributed by atoms with Crippen LogP contribution in [-0.4, -0.2) is 29.2 Å². The molecule has 1 aromatic heterocycles. The van der Waals surface area contributed by atoms with Crippen LogP contribution in [0.5, 0.6) is 0 Å². The lowest BCUT2D eigenvalue weighted by Crippen LogP contribution is -2.16. The first-order valence-corrected chi connectivity index (χ1v) is 13.8. The van der Waals surface area contributed by atoms with Crippen LogP contribution in [-0.2, 0) is 22.1 Å². The molecule has 1 atom stereocenters. The van der Waals surface area contributed by atoms with E-state index in [2.05, 4.69) is 92.6 Å². The van der Waals surface area contributed by atoms with E-state index in [0.717, 1.165) is 35.7 Å². The quantitative estimate of drug-likeness (QED) is 0.203. The van der Waals surface area contributed by atoms with Crippen molar-refractivity contribution in [3.8, 4) is 16.9 Å². The standard InChI is InChI=1S/C27H30N3O3PS/c31-34(32)33-19-7-17-28-20-23-14-12-22(13-15-23)16-18-29-27-30(25-10-5-2-6-11-25)26(21-35-27)24-8-3-1-4-9-24/h1-6,8-15,21,28,34H,7,16-20H2,(H,31,32)/b29-27-. The second-order valence-electron chi connectivity index (χ2n) is 8.03. The highest BCUT2D eigenvalue weighted by molar-refractivity contribution is 7.32. The minimum absolute atomic E-state index is 0.297. The number of hydrogen-bond acceptors (Lipinski definition) is 5. The monoisotopic (exact) mass is 507 g/mol. The third kappa shape index (κ3) is 7.59. The van der Waals surface area contributed by atoms with Crippen molar-refractivity contribution >= 4 is 19.6 Å². The lowest BCUT2D eigenvalue weighted by molar-refractivity contribution is 0.276. The summed E-state index contributed by atoms with van der Waals surface area (Å²) in [4.78, 5) is 14.6. The summed E-state index contributed by atoms with van der Waals surface area (Å²) >= 11 is 1.67. The van der Waals surface area contributed by atoms with E-state index >= 15 is 0 Å². The molecule has 0 amide bonds. The molecule has 6 nitrogen and oxygen atoms in total. The highest BCUT2D eigenvalue weighted by atomic mass is 32.1. The van der Waals surface area contributed by atoms with Crippen LogP contribution in [0.25, 0.3) is 16.9 Å². The fraction of sp³-hybridized carbons (Fsp3) is 0.222. The molecule has 0 spiro atoms. The molecule has 0 saturated heterocycles. The number of aromatic nitrogens is 1. The van der Waals surface area contributed by atoms with E-state index in [9.17, 15) is 4.57 Å². The van der Waals surface area contributed by atoms with Crippen molar-refractivity contribution in [1.29, 1.82) is 0 Å². The summed E-state index contributed by atoms with van der Waals surface area (Å²) < 4.78 is 17.4. The Hall–Kier alpha value is -2.80. The summed E-state index contributed by atoms with van der Waals surface area (Å²) in [6, 6.07) is 29.4. The van der Waals surface area contributed by atoms with Gasteiger partial charge in [-0.05, 0) is 48.2 Å². The van der Waals surface area contributed by atoms with Crippen molar-refractivity contribution in [3.05, 3.63) is 106 Å². The molecule has 0 bridgehead atoms. The Bertz CT molecular complexity index is 1270. The van der Waals surface area contributed by atoms with Gasteiger partial charge in [0.25, 0.3) is 0 Å². The van der Waals surface area contributed by atoms with Gasteiger partial charge in [0.2, 0.25) is 0 Å². The number of nitrogens with zero attached hydrogens (tertiary/aromatic N) is 2. The maximum absolute atomic E-state index is 10.5. The Labute approximate surface area is 210 Å². The number of thiazole rings is 1. The third-order valence-corrected chi connectivity index (χ3v) is 6.83. The fourth-order valence-electron chi connectivity index (χ4n) is 3.75. The molecule has 0 saturated carbocycles. The van der Waals surface area contributed by atoms with Crippen molar-refractivity contribution in [2.75, 3.05) is 19.7 Å². The van der Waals surface area contributed by atoms with Crippen molar-refractivity contribution in [2.24, 2.45) is 4.99 Å². The number of benzene rings is 3. The van der Waals surface area contributed by atoms with Gasteiger partial charge in [0.1, 0.15) is 0 Å². The minimum Gasteiger partial charge on any atom is -0.326 e. The van der Waals surface area contributed by atoms with Gasteiger partial charge in [-0.1, -0.05) is 72.8 Å². The average molecular weight is 508 g/mol. The smallest absolute Gasteiger partial charge is 0.316 e. The van der Waals surface area contributed by atoms with Gasteiger partial charge in [-0.15, -0.1) is 11.3 Å². The third-order valence-electron chi connectivity index (χ3n) is 5.52. The summed E-state index contributed by atoms with van der Waals surface area (Å²) in [6.45, 7) is 2.51. The molecule has 1 heterocycles. The van der Waals surface area contributed by atoms with Crippen molar-refractivity contribution in [1.82, 2.24) is 9.88 Å². The number of nitrogens with one attached hydrogen (secondary N) is 1. The second kappa shape index (κ2) is 13.3. The Morgan fingerprint density at radius 3 is 2.34 bits per heavy atom. The van der Waals surface area contributed by atoms with E-state index in [1.807, 2.05) is 12.1 Å². The predicted molar refractivity (Wildman–Crippen MR) is 143 cm³/mol. The Balaban J connectivity index is 1.38. The summed E-state index contributed by atoms with van der Waals surface area (Å²) in [6.07, 6.45) is 1.58. The van der Waals surface area contributed by atoms with Gasteiger partial charge in [-0.2, -0.15) is 0 Å². The topological polar surface area (TPSA) is 75.8 Å². The molecule has 8 heteroatoms. The molecule has 35 heavy (non-hydrogen) atoms. The molecule has 1 unspecified atom stereocenters. The zero-order valence-corrected chi connectivity index (χ0v) is 21.3. The Morgan fingerprint density at radius 2 is 1.63 bits per heavy atom. The first-order valence-electron chi connectivity index (χ1n) is 11.7. The fourth-order valence-corrected chi connectivity index (χ4v) is 5.00. The molecule has 3 aromatic carbocycles. The molecular formula is C27H30N3O3PS. The van der Waals surface area contributed by atoms with Crippen molar-refractivity contribution < 1.29 is 14.0 Å². The first-order chi connectivity index (χ1) is 17.2. The molecule has 0 aliphatic carbocycles. The van der Waals surface area contributed by atoms with Crippen molar-refractivity contribution in [2.45, 2.75) is 19.4 Å². The lowest BCUT2D eigenvalue weighted by Gasteiger charge is -2.09. The summed E-state index contributed by atoms with van der Waals surface area (Å²) in [5, 5.41) is 5.50. The van der Waals surface area contributed by atoms with E-state index in [4.69, 9.17) is 9.89 Å². The number of rotatable bonds is 12. The van der Waals surface area contributed by atoms with Gasteiger partial charge >= 0.3 is 8.25 Å². The molecule has 0 aliphatic heterocycles. The number of hydrogen-bond donors (Lipinski definition) is 2. The first kappa shape index (κ1) is 25.3. The van der Waals surface area contributed by atoms with Crippen LogP contribution >= 0.6 is 19.6 Å². The van der Waals surface area contributed by atoms with Gasteiger partial charge in [0, 0.05) is 24.2 Å². The summed E-state index contributed by atoms with van der Waals surface area (Å²) in [5.74, 6) is 0. The Kier molecular flexibility index (Phi) is 9.64. The molecule has 0 radical (unpaired) electrons. The molecule has 2 N–H and O–H groups in total. The van der Waals surface area contributed by atoms with Crippen LogP contribution in [0.4, 0.5) is 0 Å². The molecule has 4 aromatic rings. The maximum atomic E-state index is 10.5. The van der Waals surface area contributed by atoms with Crippen LogP contribution in [0.1, 0.15) is 17.5 Å². The molecule has 0 aliphatic rings. The lowest BCUT2D eigenvalue weighted by atomic mass is 10.1. The number of para-hydroxylation sites is 1. The van der Waals surface area contributed by atoms with E-state index in [1.165, 1.54) is 16.7 Å². The van der Waals surface area contributed by atoms with Gasteiger partial charge < -0.3 is 14.7 Å². The summed E-state index contributed by atoms with van der Waals surface area (Å²) in [5.41, 5.74) is 5.89. The maximum Gasteiger partial charge on any atom is 0.316 e. The van der Waals surface area contributed by atoms with Crippen LogP contribution in [0.15, 0.2) is 95.3 Å². The average Bonchev–Trinajstić information content (AvgIpc) is 3.32. The highest BCUT2D eigenvalue weighted by Crippen LogP contribution is 2.23. The van der Waals surface area contributed by atoms with Crippen molar-refractivity contribution in [3.63, 3.8) is 0 Å². The molecular weight excluding hydrogens is 477 g/mol. The SMILES string of the molecule is O=[PH](O)OCCCNCc1ccc(CC/N=c2\scc(-c3ccccc3)n2-c2ccccc2)cc1.